The van der Waals surface area contributed by atoms with E-state index in [1.165, 1.54) is 24.8 Å². The summed E-state index contributed by atoms with van der Waals surface area (Å²) < 4.78 is 15.3. The molecule has 0 spiro atoms. The summed E-state index contributed by atoms with van der Waals surface area (Å²) in [6.45, 7) is 8.76. The Morgan fingerprint density at radius 1 is 1.27 bits per heavy atom. The Hall–Kier alpha value is -1.04. The predicted molar refractivity (Wildman–Crippen MR) is 109 cm³/mol. The van der Waals surface area contributed by atoms with Gasteiger partial charge in [-0.15, -0.1) is 4.72 Å². The summed E-state index contributed by atoms with van der Waals surface area (Å²) >= 11 is -1.10. The Labute approximate surface area is 161 Å². The minimum atomic E-state index is -1.10. The minimum absolute atomic E-state index is 0.0171. The third kappa shape index (κ3) is 4.26. The zero-order valence-electron chi connectivity index (χ0n) is 16.5. The topological polar surface area (TPSA) is 55.4 Å². The number of benzene rings is 1. The molecule has 1 saturated carbocycles. The van der Waals surface area contributed by atoms with Gasteiger partial charge in [-0.3, -0.25) is 4.79 Å². The standard InChI is InChI=1S/C21H32N2O2S/c1-15(22-26(25)21(2,3)4)17-10-11-19-18(14-17)12-13-23(19)20(24)16-8-6-5-7-9-16/h10-11,14-16,22H,5-9,12-13H2,1-4H3. The molecule has 1 aliphatic heterocycles. The summed E-state index contributed by atoms with van der Waals surface area (Å²) in [4.78, 5) is 14.9. The van der Waals surface area contributed by atoms with Crippen LogP contribution < -0.4 is 9.62 Å². The van der Waals surface area contributed by atoms with Gasteiger partial charge in [-0.25, -0.2) is 0 Å². The quantitative estimate of drug-likeness (QED) is 0.799. The number of amides is 1. The molecule has 0 aromatic heterocycles. The molecule has 144 valence electrons. The number of nitrogens with zero attached hydrogens (tertiary/aromatic N) is 1. The van der Waals surface area contributed by atoms with Crippen LogP contribution in [0.15, 0.2) is 18.2 Å². The van der Waals surface area contributed by atoms with E-state index in [0.717, 1.165) is 37.1 Å². The number of hydrogen-bond acceptors (Lipinski definition) is 3. The highest BCUT2D eigenvalue weighted by atomic mass is 32.2. The van der Waals surface area contributed by atoms with E-state index < -0.39 is 11.4 Å². The second-order valence-electron chi connectivity index (χ2n) is 8.68. The van der Waals surface area contributed by atoms with E-state index >= 15 is 0 Å². The van der Waals surface area contributed by atoms with Crippen molar-refractivity contribution in [2.45, 2.75) is 77.0 Å². The zero-order valence-corrected chi connectivity index (χ0v) is 17.3. The highest BCUT2D eigenvalue weighted by molar-refractivity contribution is 7.90. The van der Waals surface area contributed by atoms with Crippen LogP contribution in [0.2, 0.25) is 0 Å². The molecule has 1 heterocycles. The van der Waals surface area contributed by atoms with E-state index in [-0.39, 0.29) is 16.7 Å². The molecule has 26 heavy (non-hydrogen) atoms. The van der Waals surface area contributed by atoms with Crippen molar-refractivity contribution in [3.05, 3.63) is 29.3 Å². The molecule has 5 heteroatoms. The lowest BCUT2D eigenvalue weighted by Crippen LogP contribution is -2.40. The van der Waals surface area contributed by atoms with Crippen LogP contribution in [0.1, 0.15) is 77.0 Å². The highest BCUT2D eigenvalue weighted by Gasteiger charge is 2.32. The Bertz CT molecular complexity index is 650. The zero-order chi connectivity index (χ0) is 18.9. The number of carbonyl (C=O) groups excluding carboxylic acids is 1. The van der Waals surface area contributed by atoms with Gasteiger partial charge in [-0.2, -0.15) is 0 Å². The Morgan fingerprint density at radius 2 is 1.96 bits per heavy atom. The van der Waals surface area contributed by atoms with E-state index in [1.54, 1.807) is 0 Å². The van der Waals surface area contributed by atoms with Crippen LogP contribution in [-0.4, -0.2) is 21.8 Å². The summed E-state index contributed by atoms with van der Waals surface area (Å²) in [5.41, 5.74) is 3.45. The van der Waals surface area contributed by atoms with Crippen molar-refractivity contribution in [2.75, 3.05) is 11.4 Å². The number of hydrogen-bond donors (Lipinski definition) is 1. The van der Waals surface area contributed by atoms with Crippen LogP contribution >= 0.6 is 0 Å². The molecule has 1 aromatic rings. The van der Waals surface area contributed by atoms with Crippen molar-refractivity contribution in [3.8, 4) is 0 Å². The summed E-state index contributed by atoms with van der Waals surface area (Å²) in [6.07, 6.45) is 6.64. The van der Waals surface area contributed by atoms with E-state index in [0.29, 0.717) is 5.91 Å². The van der Waals surface area contributed by atoms with Crippen LogP contribution in [0, 0.1) is 5.92 Å². The Balaban J connectivity index is 1.70. The SMILES string of the molecule is CC(N[S+]([O-])C(C)(C)C)c1ccc2c(c1)CCN2C(=O)C1CCCCC1. The fraction of sp³-hybridized carbons (Fsp3) is 0.667. The first kappa shape index (κ1) is 19.7. The van der Waals surface area contributed by atoms with Crippen LogP contribution in [0.25, 0.3) is 0 Å². The van der Waals surface area contributed by atoms with Gasteiger partial charge < -0.3 is 9.45 Å². The van der Waals surface area contributed by atoms with Gasteiger partial charge in [0.25, 0.3) is 0 Å². The molecule has 2 aliphatic rings. The molecule has 0 radical (unpaired) electrons. The van der Waals surface area contributed by atoms with Crippen molar-refractivity contribution in [1.82, 2.24) is 4.72 Å². The maximum atomic E-state index is 12.9. The van der Waals surface area contributed by atoms with Gasteiger partial charge in [0, 0.05) is 29.5 Å². The normalized spacial score (nSPS) is 20.7. The maximum Gasteiger partial charge on any atom is 0.230 e. The Kier molecular flexibility index (Phi) is 6.00. The second kappa shape index (κ2) is 7.91. The van der Waals surface area contributed by atoms with Gasteiger partial charge in [0.05, 0.1) is 6.04 Å². The third-order valence-electron chi connectivity index (χ3n) is 5.56. The van der Waals surface area contributed by atoms with Gasteiger partial charge in [0.1, 0.15) is 4.75 Å². The molecular weight excluding hydrogens is 344 g/mol. The first-order chi connectivity index (χ1) is 12.3. The number of nitrogens with one attached hydrogen (secondary N) is 1. The summed E-state index contributed by atoms with van der Waals surface area (Å²) in [5.74, 6) is 0.528. The van der Waals surface area contributed by atoms with Gasteiger partial charge in [0.15, 0.2) is 0 Å². The molecule has 1 fully saturated rings. The molecule has 0 bridgehead atoms. The molecule has 3 rings (SSSR count). The molecule has 0 saturated heterocycles. The molecule has 1 aromatic carbocycles. The minimum Gasteiger partial charge on any atom is -0.598 e. The summed E-state index contributed by atoms with van der Waals surface area (Å²) in [6, 6.07) is 6.35. The number of anilines is 1. The van der Waals surface area contributed by atoms with Crippen molar-refractivity contribution >= 4 is 23.0 Å². The second-order valence-corrected chi connectivity index (χ2v) is 10.7. The van der Waals surface area contributed by atoms with E-state index in [1.807, 2.05) is 32.6 Å². The summed E-state index contributed by atoms with van der Waals surface area (Å²) in [5, 5.41) is 0. The van der Waals surface area contributed by atoms with E-state index in [2.05, 4.69) is 22.9 Å². The highest BCUT2D eigenvalue weighted by Crippen LogP contribution is 2.34. The average molecular weight is 377 g/mol. The smallest absolute Gasteiger partial charge is 0.230 e. The van der Waals surface area contributed by atoms with Crippen LogP contribution in [0.3, 0.4) is 0 Å². The lowest BCUT2D eigenvalue weighted by Gasteiger charge is -2.27. The van der Waals surface area contributed by atoms with E-state index in [9.17, 15) is 9.35 Å². The Morgan fingerprint density at radius 3 is 2.62 bits per heavy atom. The first-order valence-electron chi connectivity index (χ1n) is 9.89. The number of fused-ring (bicyclic) bond motifs is 1. The molecular formula is C21H32N2O2S. The molecule has 1 amide bonds. The molecule has 4 nitrogen and oxygen atoms in total. The third-order valence-corrected chi connectivity index (χ3v) is 7.24. The largest absolute Gasteiger partial charge is 0.598 e. The number of carbonyl (C=O) groups is 1. The lowest BCUT2D eigenvalue weighted by molar-refractivity contribution is -0.123. The predicted octanol–water partition coefficient (Wildman–Crippen LogP) is 4.27. The van der Waals surface area contributed by atoms with Gasteiger partial charge in [0.2, 0.25) is 5.91 Å². The average Bonchev–Trinajstić information content (AvgIpc) is 3.04. The van der Waals surface area contributed by atoms with E-state index in [4.69, 9.17) is 0 Å². The lowest BCUT2D eigenvalue weighted by atomic mass is 9.88. The molecule has 1 N–H and O–H groups in total. The molecule has 2 atom stereocenters. The van der Waals surface area contributed by atoms with Crippen molar-refractivity contribution in [2.24, 2.45) is 5.92 Å². The van der Waals surface area contributed by atoms with Crippen molar-refractivity contribution in [3.63, 3.8) is 0 Å². The first-order valence-corrected chi connectivity index (χ1v) is 11.0. The van der Waals surface area contributed by atoms with Gasteiger partial charge in [-0.05, 0) is 64.2 Å². The molecule has 1 aliphatic carbocycles. The van der Waals surface area contributed by atoms with Crippen molar-refractivity contribution < 1.29 is 9.35 Å². The van der Waals surface area contributed by atoms with Crippen LogP contribution in [0.4, 0.5) is 5.69 Å². The van der Waals surface area contributed by atoms with Gasteiger partial charge >= 0.3 is 0 Å². The molecule has 2 unspecified atom stereocenters. The van der Waals surface area contributed by atoms with Crippen LogP contribution in [0.5, 0.6) is 0 Å². The summed E-state index contributed by atoms with van der Waals surface area (Å²) in [7, 11) is 0. The van der Waals surface area contributed by atoms with Crippen molar-refractivity contribution in [1.29, 1.82) is 0 Å². The maximum absolute atomic E-state index is 12.9. The number of rotatable bonds is 4. The monoisotopic (exact) mass is 376 g/mol. The van der Waals surface area contributed by atoms with Gasteiger partial charge in [-0.1, -0.05) is 31.4 Å². The van der Waals surface area contributed by atoms with Crippen LogP contribution in [-0.2, 0) is 22.6 Å². The fourth-order valence-electron chi connectivity index (χ4n) is 3.90. The fourth-order valence-corrected chi connectivity index (χ4v) is 4.71.